The highest BCUT2D eigenvalue weighted by atomic mass is 16.6. The molecule has 1 unspecified atom stereocenters. The van der Waals surface area contributed by atoms with Gasteiger partial charge in [-0.15, -0.1) is 0 Å². The lowest BCUT2D eigenvalue weighted by Crippen LogP contribution is -2.33. The van der Waals surface area contributed by atoms with Gasteiger partial charge in [0.05, 0.1) is 11.0 Å². The maximum Gasteiger partial charge on any atom is 0.285 e. The Morgan fingerprint density at radius 3 is 2.57 bits per heavy atom. The van der Waals surface area contributed by atoms with Crippen LogP contribution in [-0.4, -0.2) is 28.6 Å². The molecule has 6 heteroatoms. The fourth-order valence-corrected chi connectivity index (χ4v) is 2.35. The lowest BCUT2D eigenvalue weighted by atomic mass is 10.1. The maximum atomic E-state index is 12.2. The largest absolute Gasteiger partial charge is 0.391 e. The maximum absolute atomic E-state index is 12.2. The number of hydrogen-bond donors (Lipinski definition) is 2. The van der Waals surface area contributed by atoms with Crippen LogP contribution >= 0.6 is 0 Å². The van der Waals surface area contributed by atoms with Crippen molar-refractivity contribution in [2.75, 3.05) is 6.54 Å². The summed E-state index contributed by atoms with van der Waals surface area (Å²) < 4.78 is 0. The Balaban J connectivity index is 2.00. The van der Waals surface area contributed by atoms with Gasteiger partial charge in [-0.2, -0.15) is 0 Å². The number of amides is 1. The first-order valence-corrected chi connectivity index (χ1v) is 7.23. The Kier molecular flexibility index (Phi) is 5.43. The molecule has 2 aromatic rings. The van der Waals surface area contributed by atoms with Gasteiger partial charge in [-0.05, 0) is 18.6 Å². The summed E-state index contributed by atoms with van der Waals surface area (Å²) in [6.07, 6.45) is -0.359. The van der Waals surface area contributed by atoms with Crippen LogP contribution in [0.25, 0.3) is 0 Å². The molecular weight excluding hydrogens is 296 g/mol. The van der Waals surface area contributed by atoms with Crippen LogP contribution in [0.15, 0.2) is 48.5 Å². The first-order valence-electron chi connectivity index (χ1n) is 7.23. The average molecular weight is 314 g/mol. The highest BCUT2D eigenvalue weighted by Gasteiger charge is 2.22. The molecule has 0 saturated carbocycles. The number of aliphatic hydroxyl groups excluding tert-OH is 1. The van der Waals surface area contributed by atoms with Crippen molar-refractivity contribution >= 4 is 11.6 Å². The minimum absolute atomic E-state index is 0.00177. The van der Waals surface area contributed by atoms with Gasteiger partial charge in [0.1, 0.15) is 5.56 Å². The molecule has 0 saturated heterocycles. The van der Waals surface area contributed by atoms with Gasteiger partial charge in [-0.3, -0.25) is 14.9 Å². The van der Waals surface area contributed by atoms with Crippen molar-refractivity contribution < 1.29 is 14.8 Å². The summed E-state index contributed by atoms with van der Waals surface area (Å²) in [6, 6.07) is 14.0. The summed E-state index contributed by atoms with van der Waals surface area (Å²) in [7, 11) is 0. The molecule has 0 aliphatic heterocycles. The van der Waals surface area contributed by atoms with Crippen molar-refractivity contribution in [1.29, 1.82) is 0 Å². The van der Waals surface area contributed by atoms with E-state index in [1.807, 2.05) is 30.3 Å². The molecule has 2 aromatic carbocycles. The summed E-state index contributed by atoms with van der Waals surface area (Å²) in [6.45, 7) is 1.61. The number of aryl methyl sites for hydroxylation is 1. The summed E-state index contributed by atoms with van der Waals surface area (Å²) in [5.74, 6) is -0.562. The molecule has 0 radical (unpaired) electrons. The first-order chi connectivity index (χ1) is 11.0. The van der Waals surface area contributed by atoms with Gasteiger partial charge in [0.2, 0.25) is 0 Å². The molecule has 2 rings (SSSR count). The second-order valence-electron chi connectivity index (χ2n) is 5.28. The summed E-state index contributed by atoms with van der Waals surface area (Å²) in [5.41, 5.74) is 1.17. The molecule has 0 aliphatic carbocycles. The third-order valence-electron chi connectivity index (χ3n) is 3.48. The second-order valence-corrected chi connectivity index (χ2v) is 5.28. The number of nitrogens with one attached hydrogen (secondary N) is 1. The number of nitro benzene ring substituents is 1. The van der Waals surface area contributed by atoms with Crippen molar-refractivity contribution in [3.8, 4) is 0 Å². The third-order valence-corrected chi connectivity index (χ3v) is 3.48. The van der Waals surface area contributed by atoms with E-state index >= 15 is 0 Å². The van der Waals surface area contributed by atoms with Gasteiger partial charge >= 0.3 is 0 Å². The molecular formula is C17H18N2O4. The van der Waals surface area contributed by atoms with E-state index < -0.39 is 16.9 Å². The highest BCUT2D eigenvalue weighted by Crippen LogP contribution is 2.22. The topological polar surface area (TPSA) is 92.5 Å². The Morgan fingerprint density at radius 1 is 1.22 bits per heavy atom. The summed E-state index contributed by atoms with van der Waals surface area (Å²) >= 11 is 0. The van der Waals surface area contributed by atoms with Crippen molar-refractivity contribution in [2.45, 2.75) is 19.4 Å². The van der Waals surface area contributed by atoms with E-state index in [2.05, 4.69) is 5.32 Å². The number of carbonyl (C=O) groups excluding carboxylic acids is 1. The van der Waals surface area contributed by atoms with Crippen molar-refractivity contribution in [3.05, 3.63) is 75.3 Å². The normalized spacial score (nSPS) is 11.7. The molecule has 0 heterocycles. The fourth-order valence-electron chi connectivity index (χ4n) is 2.35. The van der Waals surface area contributed by atoms with Gasteiger partial charge in [0, 0.05) is 18.5 Å². The predicted molar refractivity (Wildman–Crippen MR) is 86.3 cm³/mol. The van der Waals surface area contributed by atoms with Crippen LogP contribution in [0.4, 0.5) is 5.69 Å². The fraction of sp³-hybridized carbons (Fsp3) is 0.235. The van der Waals surface area contributed by atoms with E-state index in [0.29, 0.717) is 12.0 Å². The van der Waals surface area contributed by atoms with E-state index in [0.717, 1.165) is 5.56 Å². The zero-order valence-electron chi connectivity index (χ0n) is 12.7. The van der Waals surface area contributed by atoms with Crippen LogP contribution < -0.4 is 5.32 Å². The van der Waals surface area contributed by atoms with Crippen LogP contribution in [0.3, 0.4) is 0 Å². The van der Waals surface area contributed by atoms with E-state index in [1.54, 1.807) is 19.1 Å². The molecule has 23 heavy (non-hydrogen) atoms. The lowest BCUT2D eigenvalue weighted by molar-refractivity contribution is -0.385. The lowest BCUT2D eigenvalue weighted by Gasteiger charge is -2.12. The zero-order valence-corrected chi connectivity index (χ0v) is 12.7. The molecule has 120 valence electrons. The van der Waals surface area contributed by atoms with Gasteiger partial charge in [0.15, 0.2) is 0 Å². The first kappa shape index (κ1) is 16.6. The van der Waals surface area contributed by atoms with Gasteiger partial charge in [0.25, 0.3) is 11.6 Å². The SMILES string of the molecule is Cc1cccc(C(=O)NCC(O)Cc2ccccc2)c1[N+](=O)[O-]. The number of rotatable bonds is 6. The standard InChI is InChI=1S/C17H18N2O4/c1-12-6-5-9-15(16(12)19(22)23)17(21)18-11-14(20)10-13-7-3-2-4-8-13/h2-9,14,20H,10-11H2,1H3,(H,18,21). The third kappa shape index (κ3) is 4.37. The van der Waals surface area contributed by atoms with E-state index in [1.165, 1.54) is 6.07 Å². The average Bonchev–Trinajstić information content (AvgIpc) is 2.53. The number of nitrogens with zero attached hydrogens (tertiary/aromatic N) is 1. The van der Waals surface area contributed by atoms with Crippen molar-refractivity contribution in [1.82, 2.24) is 5.32 Å². The molecule has 0 fully saturated rings. The Labute approximate surface area is 133 Å². The van der Waals surface area contributed by atoms with Crippen LogP contribution in [0, 0.1) is 17.0 Å². The second kappa shape index (κ2) is 7.51. The van der Waals surface area contributed by atoms with Crippen LogP contribution in [0.5, 0.6) is 0 Å². The number of benzene rings is 2. The molecule has 6 nitrogen and oxygen atoms in total. The quantitative estimate of drug-likeness (QED) is 0.631. The zero-order chi connectivity index (χ0) is 16.8. The van der Waals surface area contributed by atoms with Crippen LogP contribution in [0.2, 0.25) is 0 Å². The molecule has 2 N–H and O–H groups in total. The van der Waals surface area contributed by atoms with E-state index in [-0.39, 0.29) is 17.8 Å². The number of nitro groups is 1. The molecule has 0 spiro atoms. The van der Waals surface area contributed by atoms with E-state index in [9.17, 15) is 20.0 Å². The molecule has 1 atom stereocenters. The van der Waals surface area contributed by atoms with Gasteiger partial charge in [-0.25, -0.2) is 0 Å². The van der Waals surface area contributed by atoms with Gasteiger partial charge in [-0.1, -0.05) is 42.5 Å². The smallest absolute Gasteiger partial charge is 0.285 e. The van der Waals surface area contributed by atoms with Crippen molar-refractivity contribution in [2.24, 2.45) is 0 Å². The summed E-state index contributed by atoms with van der Waals surface area (Å²) in [5, 5.41) is 23.6. The minimum Gasteiger partial charge on any atom is -0.391 e. The van der Waals surface area contributed by atoms with Crippen LogP contribution in [-0.2, 0) is 6.42 Å². The molecule has 1 amide bonds. The Morgan fingerprint density at radius 2 is 1.91 bits per heavy atom. The molecule has 0 aromatic heterocycles. The van der Waals surface area contributed by atoms with Gasteiger partial charge < -0.3 is 10.4 Å². The monoisotopic (exact) mass is 314 g/mol. The Hall–Kier alpha value is -2.73. The summed E-state index contributed by atoms with van der Waals surface area (Å²) in [4.78, 5) is 22.7. The number of hydrogen-bond acceptors (Lipinski definition) is 4. The molecule has 0 bridgehead atoms. The minimum atomic E-state index is -0.759. The Bertz CT molecular complexity index is 701. The number of carbonyl (C=O) groups is 1. The number of aliphatic hydroxyl groups is 1. The highest BCUT2D eigenvalue weighted by molar-refractivity contribution is 5.98. The predicted octanol–water partition coefficient (Wildman–Crippen LogP) is 2.24. The van der Waals surface area contributed by atoms with E-state index in [4.69, 9.17) is 0 Å². The van der Waals surface area contributed by atoms with Crippen LogP contribution in [0.1, 0.15) is 21.5 Å². The molecule has 0 aliphatic rings. The van der Waals surface area contributed by atoms with Crippen molar-refractivity contribution in [3.63, 3.8) is 0 Å². The number of para-hydroxylation sites is 1.